The maximum Gasteiger partial charge on any atom is 0.221 e. The van der Waals surface area contributed by atoms with Crippen LogP contribution < -0.4 is 16.0 Å². The van der Waals surface area contributed by atoms with Gasteiger partial charge in [-0.25, -0.2) is 0 Å². The molecule has 1 amide bonds. The van der Waals surface area contributed by atoms with Gasteiger partial charge in [-0.15, -0.1) is 12.4 Å². The van der Waals surface area contributed by atoms with Crippen LogP contribution in [0.4, 0.5) is 5.69 Å². The molecule has 5 heteroatoms. The van der Waals surface area contributed by atoms with E-state index in [-0.39, 0.29) is 24.4 Å². The number of hydrogen-bond donors (Lipinski definition) is 2. The number of carbonyl (C=O) groups excluding carboxylic acids is 1. The largest absolute Gasteiger partial charge is 0.372 e. The molecule has 0 bridgehead atoms. The van der Waals surface area contributed by atoms with Gasteiger partial charge in [0.2, 0.25) is 5.91 Å². The van der Waals surface area contributed by atoms with Gasteiger partial charge in [-0.1, -0.05) is 12.1 Å². The van der Waals surface area contributed by atoms with Crippen LogP contribution in [-0.4, -0.2) is 25.5 Å². The Morgan fingerprint density at radius 1 is 1.40 bits per heavy atom. The lowest BCUT2D eigenvalue weighted by Gasteiger charge is -2.20. The number of carbonyl (C=O) groups is 1. The summed E-state index contributed by atoms with van der Waals surface area (Å²) in [6.07, 6.45) is 2.93. The van der Waals surface area contributed by atoms with Crippen LogP contribution in [0.2, 0.25) is 0 Å². The Kier molecular flexibility index (Phi) is 6.82. The SMILES string of the molecule is CC(NC(=O)CCN)c1cccc(N2CCCC2)c1.Cl. The third-order valence-electron chi connectivity index (χ3n) is 3.59. The Bertz CT molecular complexity index is 433. The molecule has 1 unspecified atom stereocenters. The molecule has 1 fully saturated rings. The van der Waals surface area contributed by atoms with Crippen molar-refractivity contribution in [1.82, 2.24) is 5.32 Å². The highest BCUT2D eigenvalue weighted by molar-refractivity contribution is 5.85. The summed E-state index contributed by atoms with van der Waals surface area (Å²) in [4.78, 5) is 14.0. The van der Waals surface area contributed by atoms with Crippen molar-refractivity contribution in [2.24, 2.45) is 5.73 Å². The summed E-state index contributed by atoms with van der Waals surface area (Å²) < 4.78 is 0. The van der Waals surface area contributed by atoms with Gasteiger partial charge in [-0.2, -0.15) is 0 Å². The van der Waals surface area contributed by atoms with Gasteiger partial charge in [0.05, 0.1) is 6.04 Å². The lowest BCUT2D eigenvalue weighted by Crippen LogP contribution is -2.28. The number of nitrogens with one attached hydrogen (secondary N) is 1. The maximum atomic E-state index is 11.6. The highest BCUT2D eigenvalue weighted by Gasteiger charge is 2.14. The molecule has 20 heavy (non-hydrogen) atoms. The predicted octanol–water partition coefficient (Wildman–Crippen LogP) is 2.23. The topological polar surface area (TPSA) is 58.4 Å². The standard InChI is InChI=1S/C15H23N3O.ClH/c1-12(17-15(19)7-8-16)13-5-4-6-14(11-13)18-9-2-3-10-18;/h4-6,11-12H,2-3,7-10,16H2,1H3,(H,17,19);1H. The van der Waals surface area contributed by atoms with Gasteiger partial charge in [0.25, 0.3) is 0 Å². The van der Waals surface area contributed by atoms with Crippen LogP contribution >= 0.6 is 12.4 Å². The third-order valence-corrected chi connectivity index (χ3v) is 3.59. The second-order valence-electron chi connectivity index (χ2n) is 5.12. The normalized spacial score (nSPS) is 15.6. The molecule has 3 N–H and O–H groups in total. The van der Waals surface area contributed by atoms with Crippen LogP contribution in [0.1, 0.15) is 37.8 Å². The van der Waals surface area contributed by atoms with Crippen LogP contribution in [0.5, 0.6) is 0 Å². The average molecular weight is 298 g/mol. The molecule has 4 nitrogen and oxygen atoms in total. The molecule has 0 aliphatic carbocycles. The molecular formula is C15H24ClN3O. The Balaban J connectivity index is 0.00000200. The molecule has 2 rings (SSSR count). The number of amides is 1. The quantitative estimate of drug-likeness (QED) is 0.876. The summed E-state index contributed by atoms with van der Waals surface area (Å²) in [6.45, 7) is 4.68. The van der Waals surface area contributed by atoms with Crippen LogP contribution in [0.25, 0.3) is 0 Å². The zero-order valence-corrected chi connectivity index (χ0v) is 12.8. The number of hydrogen-bond acceptors (Lipinski definition) is 3. The third kappa shape index (κ3) is 4.39. The molecule has 0 radical (unpaired) electrons. The summed E-state index contributed by atoms with van der Waals surface area (Å²) in [6, 6.07) is 8.48. The van der Waals surface area contributed by atoms with E-state index in [0.29, 0.717) is 13.0 Å². The van der Waals surface area contributed by atoms with Crippen molar-refractivity contribution in [3.05, 3.63) is 29.8 Å². The van der Waals surface area contributed by atoms with E-state index in [1.807, 2.05) is 6.92 Å². The first-order valence-electron chi connectivity index (χ1n) is 7.05. The molecule has 1 heterocycles. The average Bonchev–Trinajstić information content (AvgIpc) is 2.93. The molecule has 1 aliphatic rings. The molecule has 1 atom stereocenters. The van der Waals surface area contributed by atoms with Crippen LogP contribution in [0, 0.1) is 0 Å². The maximum absolute atomic E-state index is 11.6. The van der Waals surface area contributed by atoms with E-state index >= 15 is 0 Å². The summed E-state index contributed by atoms with van der Waals surface area (Å²) in [5.41, 5.74) is 7.79. The Labute approximate surface area is 127 Å². The lowest BCUT2D eigenvalue weighted by atomic mass is 10.1. The molecule has 112 valence electrons. The van der Waals surface area contributed by atoms with E-state index in [1.54, 1.807) is 0 Å². The van der Waals surface area contributed by atoms with Crippen molar-refractivity contribution < 1.29 is 4.79 Å². The van der Waals surface area contributed by atoms with Crippen molar-refractivity contribution in [3.63, 3.8) is 0 Å². The van der Waals surface area contributed by atoms with Crippen LogP contribution in [0.15, 0.2) is 24.3 Å². The Morgan fingerprint density at radius 2 is 2.10 bits per heavy atom. The summed E-state index contributed by atoms with van der Waals surface area (Å²) in [7, 11) is 0. The van der Waals surface area contributed by atoms with Crippen molar-refractivity contribution in [2.45, 2.75) is 32.2 Å². The first-order chi connectivity index (χ1) is 9.20. The van der Waals surface area contributed by atoms with E-state index < -0.39 is 0 Å². The number of halogens is 1. The zero-order chi connectivity index (χ0) is 13.7. The number of rotatable bonds is 5. The number of anilines is 1. The van der Waals surface area contributed by atoms with E-state index in [1.165, 1.54) is 18.5 Å². The molecule has 1 saturated heterocycles. The number of benzene rings is 1. The molecule has 1 aromatic carbocycles. The first-order valence-corrected chi connectivity index (χ1v) is 7.05. The summed E-state index contributed by atoms with van der Waals surface area (Å²) in [5.74, 6) is 0.0153. The molecule has 0 spiro atoms. The van der Waals surface area contributed by atoms with Crippen molar-refractivity contribution in [3.8, 4) is 0 Å². The second-order valence-corrected chi connectivity index (χ2v) is 5.12. The van der Waals surface area contributed by atoms with Gasteiger partial charge < -0.3 is 16.0 Å². The highest BCUT2D eigenvalue weighted by Crippen LogP contribution is 2.23. The minimum Gasteiger partial charge on any atom is -0.372 e. The van der Waals surface area contributed by atoms with Gasteiger partial charge in [-0.05, 0) is 37.5 Å². The fourth-order valence-electron chi connectivity index (χ4n) is 2.49. The van der Waals surface area contributed by atoms with E-state index in [0.717, 1.165) is 18.7 Å². The molecule has 1 aliphatic heterocycles. The molecular weight excluding hydrogens is 274 g/mol. The van der Waals surface area contributed by atoms with Crippen molar-refractivity contribution in [2.75, 3.05) is 24.5 Å². The second kappa shape index (κ2) is 8.12. The number of nitrogens with two attached hydrogens (primary N) is 1. The number of nitrogens with zero attached hydrogens (tertiary/aromatic N) is 1. The van der Waals surface area contributed by atoms with E-state index in [2.05, 4.69) is 34.5 Å². The Morgan fingerprint density at radius 3 is 2.75 bits per heavy atom. The van der Waals surface area contributed by atoms with Crippen LogP contribution in [0.3, 0.4) is 0 Å². The van der Waals surface area contributed by atoms with Gasteiger partial charge in [-0.3, -0.25) is 4.79 Å². The highest BCUT2D eigenvalue weighted by atomic mass is 35.5. The molecule has 1 aromatic rings. The fraction of sp³-hybridized carbons (Fsp3) is 0.533. The van der Waals surface area contributed by atoms with E-state index in [9.17, 15) is 4.79 Å². The minimum absolute atomic E-state index is 0. The fourth-order valence-corrected chi connectivity index (χ4v) is 2.49. The van der Waals surface area contributed by atoms with Crippen LogP contribution in [-0.2, 0) is 4.79 Å². The lowest BCUT2D eigenvalue weighted by molar-refractivity contribution is -0.121. The van der Waals surface area contributed by atoms with Crippen molar-refractivity contribution in [1.29, 1.82) is 0 Å². The minimum atomic E-state index is 0. The predicted molar refractivity (Wildman–Crippen MR) is 85.4 cm³/mol. The molecule has 0 aromatic heterocycles. The van der Waals surface area contributed by atoms with Gasteiger partial charge in [0.1, 0.15) is 0 Å². The summed E-state index contributed by atoms with van der Waals surface area (Å²) >= 11 is 0. The first kappa shape index (κ1) is 16.8. The smallest absolute Gasteiger partial charge is 0.221 e. The van der Waals surface area contributed by atoms with E-state index in [4.69, 9.17) is 5.73 Å². The zero-order valence-electron chi connectivity index (χ0n) is 12.0. The monoisotopic (exact) mass is 297 g/mol. The van der Waals surface area contributed by atoms with Gasteiger partial charge in [0.15, 0.2) is 0 Å². The Hall–Kier alpha value is -1.26. The summed E-state index contributed by atoms with van der Waals surface area (Å²) in [5, 5.41) is 2.98. The van der Waals surface area contributed by atoms with Gasteiger partial charge >= 0.3 is 0 Å². The van der Waals surface area contributed by atoms with Crippen molar-refractivity contribution >= 4 is 24.0 Å². The van der Waals surface area contributed by atoms with Gasteiger partial charge in [0, 0.05) is 31.7 Å². The molecule has 0 saturated carbocycles.